The second-order valence-electron chi connectivity index (χ2n) is 11.9. The van der Waals surface area contributed by atoms with Crippen molar-refractivity contribution in [2.45, 2.75) is 71.5 Å². The van der Waals surface area contributed by atoms with Gasteiger partial charge in [0, 0.05) is 54.9 Å². The van der Waals surface area contributed by atoms with Crippen LogP contribution in [0.25, 0.3) is 10.9 Å². The zero-order valence-corrected chi connectivity index (χ0v) is 26.6. The summed E-state index contributed by atoms with van der Waals surface area (Å²) in [4.78, 5) is 43.9. The van der Waals surface area contributed by atoms with E-state index in [1.165, 1.54) is 34.0 Å². The van der Waals surface area contributed by atoms with Crippen LogP contribution in [0, 0.1) is 12.7 Å². The van der Waals surface area contributed by atoms with Gasteiger partial charge in [-0.05, 0) is 93.6 Å². The predicted molar refractivity (Wildman–Crippen MR) is 179 cm³/mol. The number of fused-ring (bicyclic) bond motifs is 1. The summed E-state index contributed by atoms with van der Waals surface area (Å²) in [5, 5.41) is 12.7. The van der Waals surface area contributed by atoms with E-state index < -0.39 is 17.2 Å². The molecule has 11 nitrogen and oxygen atoms in total. The van der Waals surface area contributed by atoms with Gasteiger partial charge in [-0.25, -0.2) is 9.18 Å². The van der Waals surface area contributed by atoms with Gasteiger partial charge in [-0.15, -0.1) is 0 Å². The van der Waals surface area contributed by atoms with Gasteiger partial charge < -0.3 is 26.5 Å². The number of carbonyl (C=O) groups is 1. The van der Waals surface area contributed by atoms with E-state index in [1.807, 2.05) is 25.1 Å². The molecule has 1 aliphatic heterocycles. The zero-order valence-electron chi connectivity index (χ0n) is 26.6. The minimum absolute atomic E-state index is 0.0516. The van der Waals surface area contributed by atoms with Gasteiger partial charge in [0.25, 0.3) is 5.56 Å². The van der Waals surface area contributed by atoms with Crippen molar-refractivity contribution in [2.24, 2.45) is 5.73 Å². The summed E-state index contributed by atoms with van der Waals surface area (Å²) in [7, 11) is 0. The Morgan fingerprint density at radius 1 is 1.13 bits per heavy atom. The van der Waals surface area contributed by atoms with E-state index in [1.54, 1.807) is 10.6 Å². The van der Waals surface area contributed by atoms with Gasteiger partial charge >= 0.3 is 5.97 Å². The number of benzene rings is 2. The number of nitrogens with two attached hydrogens (primary N) is 2. The van der Waals surface area contributed by atoms with E-state index in [-0.39, 0.29) is 34.4 Å². The molecule has 0 aliphatic carbocycles. The highest BCUT2D eigenvalue weighted by Gasteiger charge is 2.35. The second kappa shape index (κ2) is 13.8. The highest BCUT2D eigenvalue weighted by atomic mass is 19.1. The van der Waals surface area contributed by atoms with Crippen LogP contribution in [0.5, 0.6) is 0 Å². The van der Waals surface area contributed by atoms with Crippen molar-refractivity contribution in [1.82, 2.24) is 19.0 Å². The molecule has 1 aliphatic rings. The topological polar surface area (TPSA) is 162 Å². The normalized spacial score (nSPS) is 16.7. The average Bonchev–Trinajstić information content (AvgIpc) is 3.43. The van der Waals surface area contributed by atoms with Crippen molar-refractivity contribution in [3.8, 4) is 0 Å². The second-order valence-corrected chi connectivity index (χ2v) is 11.9. The molecule has 0 bridgehead atoms. The van der Waals surface area contributed by atoms with Crippen LogP contribution >= 0.6 is 0 Å². The molecule has 1 saturated heterocycles. The molecule has 0 saturated carbocycles. The third-order valence-electron chi connectivity index (χ3n) is 9.19. The first-order valence-corrected chi connectivity index (χ1v) is 15.8. The lowest BCUT2D eigenvalue weighted by atomic mass is 9.90. The van der Waals surface area contributed by atoms with Gasteiger partial charge in [0.2, 0.25) is 11.4 Å². The minimum Gasteiger partial charge on any atom is -0.477 e. The Bertz CT molecular complexity index is 1890. The van der Waals surface area contributed by atoms with Crippen LogP contribution in [0.15, 0.2) is 52.2 Å². The van der Waals surface area contributed by atoms with Crippen molar-refractivity contribution in [3.05, 3.63) is 91.2 Å². The number of aromatic carboxylic acids is 1. The number of carboxylic acids is 1. The molecule has 2 aromatic heterocycles. The molecule has 12 heteroatoms. The summed E-state index contributed by atoms with van der Waals surface area (Å²) in [6.07, 6.45) is 4.38. The Hall–Kier alpha value is -4.55. The molecule has 0 spiro atoms. The number of nitrogens with zero attached hydrogens (tertiary/aromatic N) is 4. The zero-order chi connectivity index (χ0) is 33.1. The van der Waals surface area contributed by atoms with E-state index in [0.717, 1.165) is 25.1 Å². The van der Waals surface area contributed by atoms with E-state index in [2.05, 4.69) is 29.0 Å². The number of hydrogen-bond acceptors (Lipinski definition) is 8. The molecule has 0 radical (unpaired) electrons. The number of hydrogen-bond donors (Lipinski definition) is 4. The monoisotopic (exact) mass is 631 g/mol. The first-order valence-electron chi connectivity index (χ1n) is 15.8. The number of aryl methyl sites for hydroxylation is 3. The third kappa shape index (κ3) is 6.54. The summed E-state index contributed by atoms with van der Waals surface area (Å²) in [5.41, 5.74) is 15.4. The van der Waals surface area contributed by atoms with Gasteiger partial charge in [0.05, 0.1) is 5.52 Å². The Balaban J connectivity index is 1.24. The smallest absolute Gasteiger partial charge is 0.341 e. The molecule has 6 N–H and O–H groups in total. The summed E-state index contributed by atoms with van der Waals surface area (Å²) < 4.78 is 18.7. The lowest BCUT2D eigenvalue weighted by molar-refractivity contribution is 0.0695. The van der Waals surface area contributed by atoms with Gasteiger partial charge in [-0.1, -0.05) is 13.0 Å². The molecule has 3 heterocycles. The lowest BCUT2D eigenvalue weighted by Crippen LogP contribution is -2.39. The van der Waals surface area contributed by atoms with Crippen LogP contribution in [-0.2, 0) is 19.5 Å². The predicted octanol–water partition coefficient (Wildman–Crippen LogP) is 4.21. The van der Waals surface area contributed by atoms with Crippen LogP contribution < -0.4 is 27.8 Å². The maximum atomic E-state index is 15.5. The molecule has 4 aromatic rings. The Kier molecular flexibility index (Phi) is 9.88. The van der Waals surface area contributed by atoms with Crippen LogP contribution in [0.4, 0.5) is 21.8 Å². The van der Waals surface area contributed by atoms with Crippen LogP contribution in [0.1, 0.15) is 66.1 Å². The molecule has 2 unspecified atom stereocenters. The van der Waals surface area contributed by atoms with Gasteiger partial charge in [0.15, 0.2) is 0 Å². The quantitative estimate of drug-likeness (QED) is 0.168. The first kappa shape index (κ1) is 32.8. The fourth-order valence-corrected chi connectivity index (χ4v) is 6.67. The molecule has 0 amide bonds. The van der Waals surface area contributed by atoms with Gasteiger partial charge in [0.1, 0.15) is 17.2 Å². The summed E-state index contributed by atoms with van der Waals surface area (Å²) in [6, 6.07) is 10.2. The number of nitrogens with one attached hydrogen (secondary N) is 1. The van der Waals surface area contributed by atoms with Crippen molar-refractivity contribution >= 4 is 34.3 Å². The van der Waals surface area contributed by atoms with E-state index >= 15 is 4.39 Å². The van der Waals surface area contributed by atoms with Gasteiger partial charge in [-0.3, -0.25) is 19.1 Å². The SMILES string of the molecule is CCc1cc(Nc2cc(=O)n(CCCCN3CCC(c4cc5c(cc4F)c(=O)c(C(=O)O)cn5CC)C3CN)c(N)n2)ccc1C. The van der Waals surface area contributed by atoms with E-state index in [9.17, 15) is 19.5 Å². The Labute approximate surface area is 266 Å². The average molecular weight is 632 g/mol. The summed E-state index contributed by atoms with van der Waals surface area (Å²) in [6.45, 7) is 8.61. The number of likely N-dealkylation sites (tertiary alicyclic amines) is 1. The van der Waals surface area contributed by atoms with Gasteiger partial charge in [-0.2, -0.15) is 4.98 Å². The number of rotatable bonds is 12. The molecule has 46 heavy (non-hydrogen) atoms. The number of pyridine rings is 1. The fourth-order valence-electron chi connectivity index (χ4n) is 6.67. The standard InChI is InChI=1S/C34H42FN7O4/c1-4-21-14-22(9-8-20(21)3)38-30-17-31(43)42(34(37)39-30)12-7-6-11-41-13-10-23(29(41)18-36)24-16-28-25(15-27(24)35)32(44)26(33(45)46)19-40(28)5-2/h8-9,14-17,19,23,29,38H,4-7,10-13,18,36H2,1-3H3,(H2,37,39)(H,45,46). The molecular weight excluding hydrogens is 589 g/mol. The highest BCUT2D eigenvalue weighted by Crippen LogP contribution is 2.36. The first-order chi connectivity index (χ1) is 22.1. The number of nitrogen functional groups attached to an aromatic ring is 1. The largest absolute Gasteiger partial charge is 0.477 e. The van der Waals surface area contributed by atoms with Crippen LogP contribution in [-0.4, -0.2) is 55.8 Å². The number of unbranched alkanes of at least 4 members (excludes halogenated alkanes) is 1. The van der Waals surface area contributed by atoms with Crippen LogP contribution in [0.3, 0.4) is 0 Å². The maximum Gasteiger partial charge on any atom is 0.341 e. The molecule has 5 rings (SSSR count). The van der Waals surface area contributed by atoms with E-state index in [0.29, 0.717) is 55.9 Å². The number of halogens is 1. The van der Waals surface area contributed by atoms with Crippen molar-refractivity contribution in [2.75, 3.05) is 30.7 Å². The molecule has 244 valence electrons. The van der Waals surface area contributed by atoms with E-state index in [4.69, 9.17) is 11.5 Å². The Morgan fingerprint density at radius 3 is 2.57 bits per heavy atom. The highest BCUT2D eigenvalue weighted by molar-refractivity contribution is 5.92. The molecule has 2 atom stereocenters. The molecule has 1 fully saturated rings. The Morgan fingerprint density at radius 2 is 1.89 bits per heavy atom. The summed E-state index contributed by atoms with van der Waals surface area (Å²) in [5.74, 6) is -1.51. The van der Waals surface area contributed by atoms with Crippen molar-refractivity contribution in [1.29, 1.82) is 0 Å². The number of aromatic nitrogens is 3. The molecule has 2 aromatic carbocycles. The van der Waals surface area contributed by atoms with Crippen molar-refractivity contribution < 1.29 is 14.3 Å². The fraction of sp³-hybridized carbons (Fsp3) is 0.412. The van der Waals surface area contributed by atoms with Crippen LogP contribution in [0.2, 0.25) is 0 Å². The number of anilines is 3. The lowest BCUT2D eigenvalue weighted by Gasteiger charge is -2.28. The number of carboxylic acid groups (broad SMARTS) is 1. The molecular formula is C34H42FN7O4. The summed E-state index contributed by atoms with van der Waals surface area (Å²) >= 11 is 0. The van der Waals surface area contributed by atoms with Crippen molar-refractivity contribution in [3.63, 3.8) is 0 Å². The third-order valence-corrected chi connectivity index (χ3v) is 9.19. The minimum atomic E-state index is -1.34. The maximum absolute atomic E-state index is 15.5.